The van der Waals surface area contributed by atoms with E-state index in [2.05, 4.69) is 5.32 Å². The van der Waals surface area contributed by atoms with Crippen molar-refractivity contribution in [2.24, 2.45) is 5.92 Å². The summed E-state index contributed by atoms with van der Waals surface area (Å²) in [5.41, 5.74) is 1.05. The minimum absolute atomic E-state index is 0.0415. The van der Waals surface area contributed by atoms with Crippen LogP contribution in [0, 0.1) is 12.8 Å². The second-order valence-corrected chi connectivity index (χ2v) is 10.8. The molecule has 7 nitrogen and oxygen atoms in total. The molecule has 1 fully saturated rings. The molecule has 0 spiro atoms. The van der Waals surface area contributed by atoms with Crippen molar-refractivity contribution >= 4 is 16.1 Å². The van der Waals surface area contributed by atoms with E-state index in [0.29, 0.717) is 0 Å². The van der Waals surface area contributed by atoms with E-state index >= 15 is 0 Å². The highest BCUT2D eigenvalue weighted by Gasteiger charge is 2.43. The van der Waals surface area contributed by atoms with Gasteiger partial charge in [-0.15, -0.1) is 0 Å². The zero-order chi connectivity index (χ0) is 22.8. The highest BCUT2D eigenvalue weighted by atomic mass is 32.2. The molecule has 31 heavy (non-hydrogen) atoms. The predicted molar refractivity (Wildman–Crippen MR) is 118 cm³/mol. The monoisotopic (exact) mass is 446 g/mol. The van der Waals surface area contributed by atoms with Crippen LogP contribution in [0.2, 0.25) is 0 Å². The van der Waals surface area contributed by atoms with Gasteiger partial charge in [0, 0.05) is 19.0 Å². The molecule has 1 unspecified atom stereocenters. The van der Waals surface area contributed by atoms with Crippen molar-refractivity contribution in [1.82, 2.24) is 9.62 Å². The number of nitrogens with zero attached hydrogens (tertiary/aromatic N) is 1. The Labute approximate surface area is 184 Å². The van der Waals surface area contributed by atoms with Gasteiger partial charge in [-0.05, 0) is 45.4 Å². The Hall–Kier alpha value is -2.42. The third-order valence-corrected chi connectivity index (χ3v) is 7.06. The number of nitrogens with one attached hydrogen (secondary N) is 1. The Kier molecular flexibility index (Phi) is 6.73. The molecule has 0 saturated carbocycles. The van der Waals surface area contributed by atoms with E-state index in [9.17, 15) is 18.3 Å². The maximum atomic E-state index is 13.1. The summed E-state index contributed by atoms with van der Waals surface area (Å²) in [6.45, 7) is 7.23. The molecule has 8 heteroatoms. The summed E-state index contributed by atoms with van der Waals surface area (Å²) in [4.78, 5) is 12.7. The standard InChI is InChI=1S/C23H30N2O5S/c1-16-10-12-18(13-11-16)31(28,29)25-14-19(20(26)15-25)21(17-8-6-5-7-9-17)24-22(27)30-23(2,3)4/h5-13,19-21,26H,14-15H2,1-4H3,(H,24,27)/t19-,20-,21?/m1/s1. The second-order valence-electron chi connectivity index (χ2n) is 8.90. The molecule has 1 amide bonds. The van der Waals surface area contributed by atoms with Crippen molar-refractivity contribution in [3.8, 4) is 0 Å². The SMILES string of the molecule is Cc1ccc(S(=O)(=O)N2C[C@@H](O)[C@H](C(NC(=O)OC(C)(C)C)c3ccccc3)C2)cc1. The Morgan fingerprint density at radius 3 is 2.29 bits per heavy atom. The lowest BCUT2D eigenvalue weighted by Gasteiger charge is -2.29. The third kappa shape index (κ3) is 5.64. The fourth-order valence-corrected chi connectivity index (χ4v) is 5.19. The average Bonchev–Trinajstić information content (AvgIpc) is 3.08. The van der Waals surface area contributed by atoms with Crippen molar-refractivity contribution in [3.63, 3.8) is 0 Å². The van der Waals surface area contributed by atoms with E-state index in [1.807, 2.05) is 37.3 Å². The summed E-state index contributed by atoms with van der Waals surface area (Å²) >= 11 is 0. The number of rotatable bonds is 5. The first-order valence-corrected chi connectivity index (χ1v) is 11.7. The first-order valence-electron chi connectivity index (χ1n) is 10.3. The molecule has 2 aromatic carbocycles. The van der Waals surface area contributed by atoms with Gasteiger partial charge >= 0.3 is 6.09 Å². The maximum Gasteiger partial charge on any atom is 0.408 e. The maximum absolute atomic E-state index is 13.1. The Morgan fingerprint density at radius 1 is 1.10 bits per heavy atom. The van der Waals surface area contributed by atoms with E-state index in [0.717, 1.165) is 11.1 Å². The lowest BCUT2D eigenvalue weighted by atomic mass is 9.90. The number of aliphatic hydroxyl groups excluding tert-OH is 1. The molecule has 0 radical (unpaired) electrons. The number of carbonyl (C=O) groups is 1. The van der Waals surface area contributed by atoms with Crippen LogP contribution in [0.1, 0.15) is 37.9 Å². The summed E-state index contributed by atoms with van der Waals surface area (Å²) in [7, 11) is -3.76. The molecule has 1 aliphatic rings. The number of aryl methyl sites for hydroxylation is 1. The first kappa shape index (κ1) is 23.2. The number of hydrogen-bond acceptors (Lipinski definition) is 5. The van der Waals surface area contributed by atoms with Gasteiger partial charge in [-0.1, -0.05) is 48.0 Å². The highest BCUT2D eigenvalue weighted by molar-refractivity contribution is 7.89. The van der Waals surface area contributed by atoms with Gasteiger partial charge in [-0.3, -0.25) is 0 Å². The van der Waals surface area contributed by atoms with E-state index in [1.54, 1.807) is 45.0 Å². The van der Waals surface area contributed by atoms with E-state index < -0.39 is 39.8 Å². The van der Waals surface area contributed by atoms with Crippen LogP contribution in [0.5, 0.6) is 0 Å². The van der Waals surface area contributed by atoms with Crippen LogP contribution >= 0.6 is 0 Å². The summed E-state index contributed by atoms with van der Waals surface area (Å²) in [6, 6.07) is 15.2. The predicted octanol–water partition coefficient (Wildman–Crippen LogP) is 3.24. The van der Waals surface area contributed by atoms with Gasteiger partial charge in [0.1, 0.15) is 5.60 Å². The molecule has 1 heterocycles. The number of hydrogen-bond donors (Lipinski definition) is 2. The number of carbonyl (C=O) groups excluding carboxylic acids is 1. The van der Waals surface area contributed by atoms with Crippen molar-refractivity contribution < 1.29 is 23.1 Å². The fourth-order valence-electron chi connectivity index (χ4n) is 3.69. The third-order valence-electron chi connectivity index (χ3n) is 5.22. The highest BCUT2D eigenvalue weighted by Crippen LogP contribution is 2.33. The molecule has 2 N–H and O–H groups in total. The zero-order valence-corrected chi connectivity index (χ0v) is 19.1. The normalized spacial score (nSPS) is 20.9. The Balaban J connectivity index is 1.86. The van der Waals surface area contributed by atoms with E-state index in [-0.39, 0.29) is 18.0 Å². The summed E-state index contributed by atoms with van der Waals surface area (Å²) < 4.78 is 32.9. The molecule has 2 aromatic rings. The molecular formula is C23H30N2O5S. The summed E-state index contributed by atoms with van der Waals surface area (Å²) in [5.74, 6) is -0.532. The van der Waals surface area contributed by atoms with Crippen LogP contribution in [0.3, 0.4) is 0 Å². The van der Waals surface area contributed by atoms with Crippen molar-refractivity contribution in [2.75, 3.05) is 13.1 Å². The number of β-amino-alcohol motifs (C(OH)–C–C–N with tert-alkyl or cyclic N) is 1. The molecule has 0 bridgehead atoms. The van der Waals surface area contributed by atoms with Gasteiger partial charge in [-0.2, -0.15) is 4.31 Å². The Morgan fingerprint density at radius 2 is 1.71 bits per heavy atom. The molecule has 168 valence electrons. The van der Waals surface area contributed by atoms with Gasteiger partial charge in [0.15, 0.2) is 0 Å². The van der Waals surface area contributed by atoms with Crippen molar-refractivity contribution in [2.45, 2.75) is 50.3 Å². The molecule has 3 rings (SSSR count). The Bertz CT molecular complexity index is 1000. The molecule has 0 aromatic heterocycles. The van der Waals surface area contributed by atoms with Gasteiger partial charge < -0.3 is 15.2 Å². The molecule has 3 atom stereocenters. The lowest BCUT2D eigenvalue weighted by molar-refractivity contribution is 0.0451. The molecule has 1 aliphatic heterocycles. The topological polar surface area (TPSA) is 95.9 Å². The minimum atomic E-state index is -3.76. The number of alkyl carbamates (subject to hydrolysis) is 1. The van der Waals surface area contributed by atoms with Crippen LogP contribution in [0.25, 0.3) is 0 Å². The summed E-state index contributed by atoms with van der Waals surface area (Å²) in [5, 5.41) is 13.6. The minimum Gasteiger partial charge on any atom is -0.444 e. The van der Waals surface area contributed by atoms with Crippen molar-refractivity contribution in [1.29, 1.82) is 0 Å². The average molecular weight is 447 g/mol. The van der Waals surface area contributed by atoms with Gasteiger partial charge in [0.2, 0.25) is 10.0 Å². The zero-order valence-electron chi connectivity index (χ0n) is 18.3. The molecule has 1 saturated heterocycles. The van der Waals surface area contributed by atoms with Crippen LogP contribution in [-0.4, -0.2) is 48.7 Å². The first-order chi connectivity index (χ1) is 14.5. The number of sulfonamides is 1. The lowest BCUT2D eigenvalue weighted by Crippen LogP contribution is -2.41. The van der Waals surface area contributed by atoms with Crippen molar-refractivity contribution in [3.05, 3.63) is 65.7 Å². The number of aliphatic hydroxyl groups is 1. The molecule has 0 aliphatic carbocycles. The van der Waals surface area contributed by atoms with Gasteiger partial charge in [0.05, 0.1) is 17.0 Å². The van der Waals surface area contributed by atoms with Gasteiger partial charge in [0.25, 0.3) is 0 Å². The largest absolute Gasteiger partial charge is 0.444 e. The second kappa shape index (κ2) is 8.98. The number of benzene rings is 2. The summed E-state index contributed by atoms with van der Waals surface area (Å²) in [6.07, 6.45) is -1.56. The van der Waals surface area contributed by atoms with Crippen LogP contribution < -0.4 is 5.32 Å². The smallest absolute Gasteiger partial charge is 0.408 e. The van der Waals surface area contributed by atoms with Crippen LogP contribution in [-0.2, 0) is 14.8 Å². The van der Waals surface area contributed by atoms with E-state index in [4.69, 9.17) is 4.74 Å². The van der Waals surface area contributed by atoms with Crippen LogP contribution in [0.4, 0.5) is 4.79 Å². The van der Waals surface area contributed by atoms with Crippen LogP contribution in [0.15, 0.2) is 59.5 Å². The number of ether oxygens (including phenoxy) is 1. The van der Waals surface area contributed by atoms with E-state index in [1.165, 1.54) is 4.31 Å². The fraction of sp³-hybridized carbons (Fsp3) is 0.435. The number of amides is 1. The molecular weight excluding hydrogens is 416 g/mol. The van der Waals surface area contributed by atoms with Gasteiger partial charge in [-0.25, -0.2) is 13.2 Å². The quantitative estimate of drug-likeness (QED) is 0.735.